The van der Waals surface area contributed by atoms with Gasteiger partial charge in [-0.3, -0.25) is 19.6 Å². The molecule has 1 N–H and O–H groups in total. The normalized spacial score (nSPS) is 10.4. The Morgan fingerprint density at radius 3 is 2.63 bits per heavy atom. The fraction of sp³-hybridized carbons (Fsp3) is 0.158. The van der Waals surface area contributed by atoms with Gasteiger partial charge in [0.25, 0.3) is 5.91 Å². The molecule has 0 aliphatic rings. The molecule has 0 fully saturated rings. The summed E-state index contributed by atoms with van der Waals surface area (Å²) >= 11 is 0. The van der Waals surface area contributed by atoms with Gasteiger partial charge in [-0.2, -0.15) is 5.10 Å². The SMILES string of the molecule is COc1ccc(C(=O)Nc2cc(C)n(Cc3ccccc3)n2)cc1[N+](=O)[O-]. The molecule has 1 aromatic heterocycles. The van der Waals surface area contributed by atoms with Crippen molar-refractivity contribution in [3.05, 3.63) is 81.5 Å². The van der Waals surface area contributed by atoms with E-state index in [4.69, 9.17) is 4.74 Å². The molecule has 8 heteroatoms. The van der Waals surface area contributed by atoms with Crippen LogP contribution in [0, 0.1) is 17.0 Å². The maximum absolute atomic E-state index is 12.4. The Morgan fingerprint density at radius 1 is 1.22 bits per heavy atom. The molecule has 0 radical (unpaired) electrons. The monoisotopic (exact) mass is 366 g/mol. The molecule has 0 atom stereocenters. The fourth-order valence-corrected chi connectivity index (χ4v) is 2.65. The van der Waals surface area contributed by atoms with Crippen LogP contribution >= 0.6 is 0 Å². The minimum atomic E-state index is -0.589. The average molecular weight is 366 g/mol. The number of anilines is 1. The quantitative estimate of drug-likeness (QED) is 0.532. The number of aromatic nitrogens is 2. The highest BCUT2D eigenvalue weighted by molar-refractivity contribution is 6.04. The molecule has 0 spiro atoms. The topological polar surface area (TPSA) is 99.3 Å². The number of nitro benzene ring substituents is 1. The van der Waals surface area contributed by atoms with Gasteiger partial charge in [-0.05, 0) is 24.6 Å². The fourth-order valence-electron chi connectivity index (χ4n) is 2.65. The number of nitro groups is 1. The molecule has 0 aliphatic heterocycles. The number of ether oxygens (including phenoxy) is 1. The van der Waals surface area contributed by atoms with E-state index in [0.29, 0.717) is 12.4 Å². The van der Waals surface area contributed by atoms with Crippen molar-refractivity contribution in [2.45, 2.75) is 13.5 Å². The van der Waals surface area contributed by atoms with E-state index in [9.17, 15) is 14.9 Å². The number of amides is 1. The molecule has 3 rings (SSSR count). The van der Waals surface area contributed by atoms with E-state index in [0.717, 1.165) is 11.3 Å². The summed E-state index contributed by atoms with van der Waals surface area (Å²) in [7, 11) is 1.34. The maximum Gasteiger partial charge on any atom is 0.311 e. The van der Waals surface area contributed by atoms with Gasteiger partial charge in [-0.25, -0.2) is 0 Å². The summed E-state index contributed by atoms with van der Waals surface area (Å²) in [6, 6.07) is 15.6. The average Bonchev–Trinajstić information content (AvgIpc) is 3.00. The van der Waals surface area contributed by atoms with Crippen molar-refractivity contribution >= 4 is 17.4 Å². The first-order valence-corrected chi connectivity index (χ1v) is 8.20. The molecule has 1 heterocycles. The zero-order valence-corrected chi connectivity index (χ0v) is 14.9. The van der Waals surface area contributed by atoms with Gasteiger partial charge in [-0.15, -0.1) is 0 Å². The number of nitrogens with zero attached hydrogens (tertiary/aromatic N) is 3. The molecule has 138 valence electrons. The van der Waals surface area contributed by atoms with Crippen molar-refractivity contribution < 1.29 is 14.5 Å². The van der Waals surface area contributed by atoms with E-state index in [-0.39, 0.29) is 17.0 Å². The van der Waals surface area contributed by atoms with E-state index in [1.54, 1.807) is 10.7 Å². The van der Waals surface area contributed by atoms with E-state index in [1.807, 2.05) is 37.3 Å². The molecule has 0 saturated heterocycles. The van der Waals surface area contributed by atoms with Gasteiger partial charge < -0.3 is 10.1 Å². The lowest BCUT2D eigenvalue weighted by Gasteiger charge is -2.05. The van der Waals surface area contributed by atoms with Crippen molar-refractivity contribution in [1.29, 1.82) is 0 Å². The summed E-state index contributed by atoms with van der Waals surface area (Å²) in [5.74, 6) is -0.00319. The number of aryl methyl sites for hydroxylation is 1. The molecule has 1 amide bonds. The van der Waals surface area contributed by atoms with Crippen LogP contribution in [0.1, 0.15) is 21.6 Å². The number of carbonyl (C=O) groups excluding carboxylic acids is 1. The van der Waals surface area contributed by atoms with Crippen LogP contribution in [0.4, 0.5) is 11.5 Å². The first-order chi connectivity index (χ1) is 13.0. The highest BCUT2D eigenvalue weighted by atomic mass is 16.6. The lowest BCUT2D eigenvalue weighted by Crippen LogP contribution is -2.13. The summed E-state index contributed by atoms with van der Waals surface area (Å²) in [5.41, 5.74) is 1.86. The molecule has 3 aromatic rings. The van der Waals surface area contributed by atoms with Crippen LogP contribution in [-0.2, 0) is 6.54 Å². The largest absolute Gasteiger partial charge is 0.490 e. The zero-order chi connectivity index (χ0) is 19.4. The number of nitrogens with one attached hydrogen (secondary N) is 1. The Morgan fingerprint density at radius 2 is 1.96 bits per heavy atom. The van der Waals surface area contributed by atoms with Crippen LogP contribution in [0.5, 0.6) is 5.75 Å². The number of methoxy groups -OCH3 is 1. The molecule has 27 heavy (non-hydrogen) atoms. The van der Waals surface area contributed by atoms with Crippen molar-refractivity contribution in [2.24, 2.45) is 0 Å². The van der Waals surface area contributed by atoms with Crippen molar-refractivity contribution in [3.8, 4) is 5.75 Å². The predicted molar refractivity (Wildman–Crippen MR) is 100 cm³/mol. The number of benzene rings is 2. The van der Waals surface area contributed by atoms with Crippen LogP contribution in [-0.4, -0.2) is 27.7 Å². The van der Waals surface area contributed by atoms with E-state index in [2.05, 4.69) is 10.4 Å². The number of carbonyl (C=O) groups is 1. The summed E-state index contributed by atoms with van der Waals surface area (Å²) in [6.45, 7) is 2.47. The van der Waals surface area contributed by atoms with Gasteiger partial charge in [0.15, 0.2) is 11.6 Å². The Hall–Kier alpha value is -3.68. The Balaban J connectivity index is 1.78. The first kappa shape index (κ1) is 18.1. The third-order valence-corrected chi connectivity index (χ3v) is 4.04. The maximum atomic E-state index is 12.4. The Kier molecular flexibility index (Phi) is 5.16. The van der Waals surface area contributed by atoms with E-state index >= 15 is 0 Å². The number of rotatable bonds is 6. The van der Waals surface area contributed by atoms with Crippen molar-refractivity contribution in [3.63, 3.8) is 0 Å². The lowest BCUT2D eigenvalue weighted by atomic mass is 10.1. The lowest BCUT2D eigenvalue weighted by molar-refractivity contribution is -0.385. The van der Waals surface area contributed by atoms with Crippen LogP contribution in [0.3, 0.4) is 0 Å². The first-order valence-electron chi connectivity index (χ1n) is 8.20. The zero-order valence-electron chi connectivity index (χ0n) is 14.9. The second-order valence-electron chi connectivity index (χ2n) is 5.91. The van der Waals surface area contributed by atoms with E-state index < -0.39 is 10.8 Å². The number of hydrogen-bond acceptors (Lipinski definition) is 5. The highest BCUT2D eigenvalue weighted by Crippen LogP contribution is 2.27. The molecular weight excluding hydrogens is 348 g/mol. The van der Waals surface area contributed by atoms with Gasteiger partial charge >= 0.3 is 5.69 Å². The van der Waals surface area contributed by atoms with Crippen molar-refractivity contribution in [1.82, 2.24) is 9.78 Å². The van der Waals surface area contributed by atoms with Gasteiger partial charge in [0.1, 0.15) is 0 Å². The van der Waals surface area contributed by atoms with Crippen LogP contribution in [0.2, 0.25) is 0 Å². The Labute approximate surface area is 155 Å². The van der Waals surface area contributed by atoms with Crippen molar-refractivity contribution in [2.75, 3.05) is 12.4 Å². The molecule has 0 saturated carbocycles. The summed E-state index contributed by atoms with van der Waals surface area (Å²) in [6.07, 6.45) is 0. The molecule has 0 aliphatic carbocycles. The second-order valence-corrected chi connectivity index (χ2v) is 5.91. The third-order valence-electron chi connectivity index (χ3n) is 4.04. The molecule has 2 aromatic carbocycles. The second kappa shape index (κ2) is 7.69. The van der Waals surface area contributed by atoms with Crippen LogP contribution < -0.4 is 10.1 Å². The number of hydrogen-bond donors (Lipinski definition) is 1. The minimum absolute atomic E-state index is 0.0968. The van der Waals surface area contributed by atoms with Crippen LogP contribution in [0.15, 0.2) is 54.6 Å². The molecule has 0 unspecified atom stereocenters. The summed E-state index contributed by atoms with van der Waals surface area (Å²) in [5, 5.41) is 18.2. The predicted octanol–water partition coefficient (Wildman–Crippen LogP) is 3.41. The highest BCUT2D eigenvalue weighted by Gasteiger charge is 2.19. The summed E-state index contributed by atoms with van der Waals surface area (Å²) in [4.78, 5) is 23.0. The standard InChI is InChI=1S/C19H18N4O4/c1-13-10-18(21-22(13)12-14-6-4-3-5-7-14)20-19(24)15-8-9-17(27-2)16(11-15)23(25)26/h3-11H,12H2,1-2H3,(H,20,21,24). The van der Waals surface area contributed by atoms with Gasteiger partial charge in [0, 0.05) is 23.4 Å². The third kappa shape index (κ3) is 4.12. The minimum Gasteiger partial charge on any atom is -0.490 e. The van der Waals surface area contributed by atoms with Gasteiger partial charge in [0.05, 0.1) is 18.6 Å². The Bertz CT molecular complexity index is 983. The van der Waals surface area contributed by atoms with Gasteiger partial charge in [-0.1, -0.05) is 30.3 Å². The van der Waals surface area contributed by atoms with E-state index in [1.165, 1.54) is 25.3 Å². The smallest absolute Gasteiger partial charge is 0.311 e. The van der Waals surface area contributed by atoms with Crippen LogP contribution in [0.25, 0.3) is 0 Å². The summed E-state index contributed by atoms with van der Waals surface area (Å²) < 4.78 is 6.73. The van der Waals surface area contributed by atoms with Gasteiger partial charge in [0.2, 0.25) is 0 Å². The molecule has 8 nitrogen and oxygen atoms in total. The molecular formula is C19H18N4O4. The molecule has 0 bridgehead atoms.